The minimum Gasteiger partial charge on any atom is -0.459 e. The maximum atomic E-state index is 12.6. The van der Waals surface area contributed by atoms with Crippen LogP contribution < -0.4 is 0 Å². The van der Waals surface area contributed by atoms with E-state index in [0.717, 1.165) is 0 Å². The fraction of sp³-hybridized carbons (Fsp3) is 0.222. The van der Waals surface area contributed by atoms with E-state index < -0.39 is 18.5 Å². The Morgan fingerprint density at radius 3 is 2.85 bits per heavy atom. The molecular weight excluding hydrogens is 178 g/mol. The number of alkyl halides is 1. The molecule has 0 aromatic heterocycles. The Bertz CT molecular complexity index is 299. The summed E-state index contributed by atoms with van der Waals surface area (Å²) in [5.74, 6) is -1.35. The minimum atomic E-state index is -1.16. The number of hydrogen-bond acceptors (Lipinski definition) is 2. The number of esters is 1. The van der Waals surface area contributed by atoms with Gasteiger partial charge in [0.25, 0.3) is 0 Å². The van der Waals surface area contributed by atoms with Crippen LogP contribution in [0.1, 0.15) is 5.56 Å². The second-order valence-corrected chi connectivity index (χ2v) is 2.42. The van der Waals surface area contributed by atoms with Crippen LogP contribution in [0, 0.1) is 5.82 Å². The van der Waals surface area contributed by atoms with E-state index in [0.29, 0.717) is 5.56 Å². The van der Waals surface area contributed by atoms with E-state index in [1.165, 1.54) is 18.2 Å². The van der Waals surface area contributed by atoms with Crippen molar-refractivity contribution in [2.24, 2.45) is 0 Å². The third-order valence-corrected chi connectivity index (χ3v) is 1.40. The number of carbonyl (C=O) groups excluding carboxylic acids is 1. The summed E-state index contributed by atoms with van der Waals surface area (Å²) in [5, 5.41) is 0. The van der Waals surface area contributed by atoms with Gasteiger partial charge in [0.2, 0.25) is 0 Å². The number of carbonyl (C=O) groups is 1. The van der Waals surface area contributed by atoms with Crippen molar-refractivity contribution >= 4 is 5.97 Å². The Morgan fingerprint density at radius 2 is 2.23 bits per heavy atom. The first-order valence-corrected chi connectivity index (χ1v) is 3.68. The zero-order chi connectivity index (χ0) is 9.68. The van der Waals surface area contributed by atoms with Crippen LogP contribution in [0.3, 0.4) is 0 Å². The van der Waals surface area contributed by atoms with E-state index in [2.05, 4.69) is 4.74 Å². The number of halogens is 2. The molecule has 4 heteroatoms. The topological polar surface area (TPSA) is 26.3 Å². The molecule has 0 N–H and O–H groups in total. The first-order valence-electron chi connectivity index (χ1n) is 3.68. The molecule has 0 spiro atoms. The Morgan fingerprint density at radius 1 is 1.46 bits per heavy atom. The van der Waals surface area contributed by atoms with Crippen LogP contribution in [0.25, 0.3) is 0 Å². The van der Waals surface area contributed by atoms with Gasteiger partial charge in [-0.15, -0.1) is 0 Å². The molecule has 0 aliphatic rings. The smallest absolute Gasteiger partial charge is 0.337 e. The number of ether oxygens (including phenoxy) is 1. The summed E-state index contributed by atoms with van der Waals surface area (Å²) in [6.45, 7) is -1.25. The lowest BCUT2D eigenvalue weighted by Crippen LogP contribution is -2.05. The fourth-order valence-corrected chi connectivity index (χ4v) is 0.829. The van der Waals surface area contributed by atoms with E-state index >= 15 is 0 Å². The quantitative estimate of drug-likeness (QED) is 0.673. The van der Waals surface area contributed by atoms with Crippen LogP contribution >= 0.6 is 0 Å². The summed E-state index contributed by atoms with van der Waals surface area (Å²) in [4.78, 5) is 10.4. The third-order valence-electron chi connectivity index (χ3n) is 1.40. The van der Waals surface area contributed by atoms with Gasteiger partial charge in [0.15, 0.2) is 6.67 Å². The maximum absolute atomic E-state index is 12.6. The highest BCUT2D eigenvalue weighted by atomic mass is 19.1. The van der Waals surface area contributed by atoms with Gasteiger partial charge in [-0.25, -0.2) is 13.6 Å². The summed E-state index contributed by atoms with van der Waals surface area (Å²) in [6.07, 6.45) is 0. The van der Waals surface area contributed by atoms with Gasteiger partial charge in [-0.2, -0.15) is 0 Å². The molecule has 0 atom stereocenters. The molecular formula is C9H8F2O2. The molecule has 0 saturated carbocycles. The SMILES string of the molecule is O=C(CF)OCc1cccc(F)c1. The van der Waals surface area contributed by atoms with Crippen molar-refractivity contribution in [3.8, 4) is 0 Å². The second-order valence-electron chi connectivity index (χ2n) is 2.42. The monoisotopic (exact) mass is 186 g/mol. The second kappa shape index (κ2) is 4.54. The molecule has 0 radical (unpaired) electrons. The van der Waals surface area contributed by atoms with Gasteiger partial charge in [0, 0.05) is 0 Å². The first kappa shape index (κ1) is 9.64. The molecule has 0 saturated heterocycles. The number of rotatable bonds is 3. The van der Waals surface area contributed by atoms with Crippen molar-refractivity contribution in [2.75, 3.05) is 6.67 Å². The van der Waals surface area contributed by atoms with Gasteiger partial charge >= 0.3 is 5.97 Å². The summed E-state index contributed by atoms with van der Waals surface area (Å²) < 4.78 is 28.6. The van der Waals surface area contributed by atoms with Crippen molar-refractivity contribution < 1.29 is 18.3 Å². The molecule has 0 heterocycles. The summed E-state index contributed by atoms with van der Waals surface area (Å²) in [7, 11) is 0. The summed E-state index contributed by atoms with van der Waals surface area (Å²) in [6, 6.07) is 5.59. The van der Waals surface area contributed by atoms with Crippen molar-refractivity contribution in [3.63, 3.8) is 0 Å². The first-order chi connectivity index (χ1) is 6.22. The molecule has 0 amide bonds. The molecule has 0 fully saturated rings. The Kier molecular flexibility index (Phi) is 3.37. The van der Waals surface area contributed by atoms with Crippen LogP contribution in [0.15, 0.2) is 24.3 Å². The van der Waals surface area contributed by atoms with Crippen molar-refractivity contribution in [2.45, 2.75) is 6.61 Å². The lowest BCUT2D eigenvalue weighted by atomic mass is 10.2. The molecule has 1 aromatic carbocycles. The van der Waals surface area contributed by atoms with Crippen molar-refractivity contribution in [3.05, 3.63) is 35.6 Å². The van der Waals surface area contributed by atoms with E-state index in [1.54, 1.807) is 6.07 Å². The van der Waals surface area contributed by atoms with Crippen LogP contribution in [0.4, 0.5) is 8.78 Å². The van der Waals surface area contributed by atoms with E-state index in [1.807, 2.05) is 0 Å². The standard InChI is InChI=1S/C9H8F2O2/c10-5-9(12)13-6-7-2-1-3-8(11)4-7/h1-4H,5-6H2. The van der Waals surface area contributed by atoms with Gasteiger partial charge in [-0.3, -0.25) is 0 Å². The molecule has 0 unspecified atom stereocenters. The lowest BCUT2D eigenvalue weighted by Gasteiger charge is -2.01. The van der Waals surface area contributed by atoms with Gasteiger partial charge in [-0.05, 0) is 17.7 Å². The molecule has 0 aliphatic carbocycles. The average Bonchev–Trinajstić information content (AvgIpc) is 2.14. The van der Waals surface area contributed by atoms with Crippen LogP contribution in [0.5, 0.6) is 0 Å². The van der Waals surface area contributed by atoms with Crippen LogP contribution in [0.2, 0.25) is 0 Å². The van der Waals surface area contributed by atoms with Crippen LogP contribution in [-0.2, 0) is 16.1 Å². The lowest BCUT2D eigenvalue weighted by molar-refractivity contribution is -0.145. The van der Waals surface area contributed by atoms with Gasteiger partial charge < -0.3 is 4.74 Å². The average molecular weight is 186 g/mol. The van der Waals surface area contributed by atoms with Crippen molar-refractivity contribution in [1.29, 1.82) is 0 Å². The summed E-state index contributed by atoms with van der Waals surface area (Å²) >= 11 is 0. The molecule has 1 aromatic rings. The Balaban J connectivity index is 2.50. The predicted octanol–water partition coefficient (Wildman–Crippen LogP) is 1.84. The highest BCUT2D eigenvalue weighted by Crippen LogP contribution is 2.04. The fourth-order valence-electron chi connectivity index (χ4n) is 0.829. The zero-order valence-electron chi connectivity index (χ0n) is 6.80. The highest BCUT2D eigenvalue weighted by Gasteiger charge is 2.01. The summed E-state index contributed by atoms with van der Waals surface area (Å²) in [5.41, 5.74) is 0.502. The van der Waals surface area contributed by atoms with Gasteiger partial charge in [0.05, 0.1) is 0 Å². The zero-order valence-corrected chi connectivity index (χ0v) is 6.80. The normalized spacial score (nSPS) is 9.69. The number of hydrogen-bond donors (Lipinski definition) is 0. The van der Waals surface area contributed by atoms with Gasteiger partial charge in [0.1, 0.15) is 12.4 Å². The molecule has 70 valence electrons. The van der Waals surface area contributed by atoms with Crippen LogP contribution in [-0.4, -0.2) is 12.6 Å². The third kappa shape index (κ3) is 3.19. The van der Waals surface area contributed by atoms with Crippen molar-refractivity contribution in [1.82, 2.24) is 0 Å². The van der Waals surface area contributed by atoms with E-state index in [4.69, 9.17) is 0 Å². The molecule has 1 rings (SSSR count). The highest BCUT2D eigenvalue weighted by molar-refractivity contribution is 5.70. The van der Waals surface area contributed by atoms with Gasteiger partial charge in [-0.1, -0.05) is 12.1 Å². The van der Waals surface area contributed by atoms with E-state index in [9.17, 15) is 13.6 Å². The molecule has 0 aliphatic heterocycles. The predicted molar refractivity (Wildman–Crippen MR) is 42.2 cm³/mol. The maximum Gasteiger partial charge on any atom is 0.337 e. The largest absolute Gasteiger partial charge is 0.459 e. The molecule has 0 bridgehead atoms. The molecule has 13 heavy (non-hydrogen) atoms. The Labute approximate surface area is 74.1 Å². The minimum absolute atomic E-state index is 0.0967. The number of benzene rings is 1. The molecule has 2 nitrogen and oxygen atoms in total. The van der Waals surface area contributed by atoms with E-state index in [-0.39, 0.29) is 6.61 Å². The Hall–Kier alpha value is -1.45.